The molecule has 1 saturated heterocycles. The Labute approximate surface area is 118 Å². The lowest BCUT2D eigenvalue weighted by atomic mass is 10.1. The third kappa shape index (κ3) is 3.59. The van der Waals surface area contributed by atoms with Crippen molar-refractivity contribution in [3.05, 3.63) is 22.4 Å². The van der Waals surface area contributed by atoms with Crippen molar-refractivity contribution in [3.8, 4) is 0 Å². The summed E-state index contributed by atoms with van der Waals surface area (Å²) in [5, 5.41) is 2.69. The molecule has 0 saturated carbocycles. The maximum absolute atomic E-state index is 11.9. The summed E-state index contributed by atoms with van der Waals surface area (Å²) in [5.41, 5.74) is 0. The van der Waals surface area contributed by atoms with Gasteiger partial charge >= 0.3 is 0 Å². The second-order valence-electron chi connectivity index (χ2n) is 4.86. The molecule has 1 aliphatic heterocycles. The van der Waals surface area contributed by atoms with Crippen LogP contribution in [0.25, 0.3) is 0 Å². The van der Waals surface area contributed by atoms with E-state index in [0.29, 0.717) is 23.5 Å². The molecule has 0 bridgehead atoms. The molecule has 1 aliphatic rings. The summed E-state index contributed by atoms with van der Waals surface area (Å²) in [6.07, 6.45) is 1.67. The van der Waals surface area contributed by atoms with Crippen LogP contribution < -0.4 is 0 Å². The molecule has 1 aromatic rings. The fraction of sp³-hybridized carbons (Fsp3) is 0.643. The van der Waals surface area contributed by atoms with Gasteiger partial charge in [-0.05, 0) is 31.3 Å². The van der Waals surface area contributed by atoms with Crippen LogP contribution in [0, 0.1) is 0 Å². The standard InChI is InChI=1S/C14H21NOS2/c1-11-12(2)17-10-8-15(11)7-3-5-13(16)14-6-4-9-18-14/h4,6,9,11-12H,3,5,7-8,10H2,1-2H3. The van der Waals surface area contributed by atoms with Gasteiger partial charge in [-0.25, -0.2) is 0 Å². The van der Waals surface area contributed by atoms with Crippen LogP contribution in [0.5, 0.6) is 0 Å². The Morgan fingerprint density at radius 3 is 3.06 bits per heavy atom. The minimum atomic E-state index is 0.303. The summed E-state index contributed by atoms with van der Waals surface area (Å²) >= 11 is 3.61. The van der Waals surface area contributed by atoms with Crippen molar-refractivity contribution < 1.29 is 4.79 Å². The van der Waals surface area contributed by atoms with Crippen LogP contribution in [0.2, 0.25) is 0 Å². The number of carbonyl (C=O) groups excluding carboxylic acids is 1. The number of ketones is 1. The number of nitrogens with zero attached hydrogens (tertiary/aromatic N) is 1. The number of hydrogen-bond acceptors (Lipinski definition) is 4. The lowest BCUT2D eigenvalue weighted by Gasteiger charge is -2.37. The van der Waals surface area contributed by atoms with Gasteiger partial charge in [0.25, 0.3) is 0 Å². The van der Waals surface area contributed by atoms with E-state index in [1.54, 1.807) is 11.3 Å². The van der Waals surface area contributed by atoms with E-state index in [1.165, 1.54) is 12.3 Å². The first-order valence-electron chi connectivity index (χ1n) is 6.61. The van der Waals surface area contributed by atoms with Crippen LogP contribution in [-0.2, 0) is 0 Å². The summed E-state index contributed by atoms with van der Waals surface area (Å²) in [6.45, 7) is 6.84. The maximum atomic E-state index is 11.9. The Bertz CT molecular complexity index is 377. The molecule has 100 valence electrons. The fourth-order valence-corrected chi connectivity index (χ4v) is 4.17. The van der Waals surface area contributed by atoms with E-state index in [4.69, 9.17) is 0 Å². The van der Waals surface area contributed by atoms with Crippen molar-refractivity contribution in [2.24, 2.45) is 0 Å². The molecule has 0 N–H and O–H groups in total. The third-order valence-corrected chi connectivity index (χ3v) is 5.91. The van der Waals surface area contributed by atoms with E-state index in [1.807, 2.05) is 17.5 Å². The highest BCUT2D eigenvalue weighted by Crippen LogP contribution is 2.24. The summed E-state index contributed by atoms with van der Waals surface area (Å²) in [7, 11) is 0. The minimum absolute atomic E-state index is 0.303. The highest BCUT2D eigenvalue weighted by molar-refractivity contribution is 8.00. The zero-order valence-electron chi connectivity index (χ0n) is 11.1. The molecule has 2 nitrogen and oxygen atoms in total. The van der Waals surface area contributed by atoms with Crippen molar-refractivity contribution in [2.75, 3.05) is 18.8 Å². The van der Waals surface area contributed by atoms with Crippen LogP contribution in [-0.4, -0.2) is 40.8 Å². The SMILES string of the molecule is CC1SCCN(CCCC(=O)c2cccs2)C1C. The van der Waals surface area contributed by atoms with Gasteiger partial charge in [0.05, 0.1) is 4.88 Å². The summed E-state index contributed by atoms with van der Waals surface area (Å²) in [4.78, 5) is 15.3. The fourth-order valence-electron chi connectivity index (χ4n) is 2.31. The normalized spacial score (nSPS) is 25.2. The molecule has 0 aliphatic carbocycles. The smallest absolute Gasteiger partial charge is 0.172 e. The molecule has 0 radical (unpaired) electrons. The summed E-state index contributed by atoms with van der Waals surface area (Å²) < 4.78 is 0. The molecule has 2 unspecified atom stereocenters. The van der Waals surface area contributed by atoms with E-state index in [9.17, 15) is 4.79 Å². The van der Waals surface area contributed by atoms with Gasteiger partial charge in [-0.1, -0.05) is 13.0 Å². The summed E-state index contributed by atoms with van der Waals surface area (Å²) in [6, 6.07) is 4.51. The van der Waals surface area contributed by atoms with E-state index < -0.39 is 0 Å². The highest BCUT2D eigenvalue weighted by atomic mass is 32.2. The molecule has 4 heteroatoms. The Hall–Kier alpha value is -0.320. The largest absolute Gasteiger partial charge is 0.299 e. The predicted octanol–water partition coefficient (Wildman–Crippen LogP) is 3.54. The van der Waals surface area contributed by atoms with Gasteiger partial charge in [0.1, 0.15) is 0 Å². The Morgan fingerprint density at radius 2 is 2.33 bits per heavy atom. The molecule has 0 spiro atoms. The molecule has 1 fully saturated rings. The Kier molecular flexibility index (Phi) is 5.27. The Balaban J connectivity index is 1.73. The second-order valence-corrected chi connectivity index (χ2v) is 7.29. The molecule has 0 amide bonds. The first-order valence-corrected chi connectivity index (χ1v) is 8.53. The second kappa shape index (κ2) is 6.73. The van der Waals surface area contributed by atoms with Crippen LogP contribution in [0.3, 0.4) is 0 Å². The highest BCUT2D eigenvalue weighted by Gasteiger charge is 2.24. The van der Waals surface area contributed by atoms with Gasteiger partial charge in [-0.2, -0.15) is 11.8 Å². The monoisotopic (exact) mass is 283 g/mol. The Morgan fingerprint density at radius 1 is 1.50 bits per heavy atom. The molecule has 2 rings (SSSR count). The van der Waals surface area contributed by atoms with Gasteiger partial charge in [-0.15, -0.1) is 11.3 Å². The number of thiophene rings is 1. The van der Waals surface area contributed by atoms with Crippen molar-refractivity contribution in [1.29, 1.82) is 0 Å². The first-order chi connectivity index (χ1) is 8.68. The maximum Gasteiger partial charge on any atom is 0.172 e. The zero-order chi connectivity index (χ0) is 13.0. The molecule has 18 heavy (non-hydrogen) atoms. The van der Waals surface area contributed by atoms with Crippen LogP contribution in [0.4, 0.5) is 0 Å². The number of rotatable bonds is 5. The van der Waals surface area contributed by atoms with Crippen LogP contribution in [0.15, 0.2) is 17.5 Å². The molecule has 1 aromatic heterocycles. The van der Waals surface area contributed by atoms with E-state index in [2.05, 4.69) is 30.5 Å². The van der Waals surface area contributed by atoms with Crippen LogP contribution >= 0.6 is 23.1 Å². The minimum Gasteiger partial charge on any atom is -0.299 e. The molecule has 0 aromatic carbocycles. The van der Waals surface area contributed by atoms with Crippen molar-refractivity contribution in [3.63, 3.8) is 0 Å². The van der Waals surface area contributed by atoms with E-state index in [0.717, 1.165) is 17.8 Å². The summed E-state index contributed by atoms with van der Waals surface area (Å²) in [5.74, 6) is 1.53. The molecule has 2 heterocycles. The topological polar surface area (TPSA) is 20.3 Å². The number of carbonyl (C=O) groups is 1. The quantitative estimate of drug-likeness (QED) is 0.771. The molecular formula is C14H21NOS2. The number of Topliss-reactive ketones (excluding diaryl/α,β-unsaturated/α-hetero) is 1. The van der Waals surface area contributed by atoms with Crippen LogP contribution in [0.1, 0.15) is 36.4 Å². The predicted molar refractivity (Wildman–Crippen MR) is 80.8 cm³/mol. The lowest BCUT2D eigenvalue weighted by Crippen LogP contribution is -2.45. The van der Waals surface area contributed by atoms with Crippen molar-refractivity contribution >= 4 is 28.9 Å². The van der Waals surface area contributed by atoms with Gasteiger partial charge in [-0.3, -0.25) is 9.69 Å². The van der Waals surface area contributed by atoms with Crippen molar-refractivity contribution in [2.45, 2.75) is 38.0 Å². The molecular weight excluding hydrogens is 262 g/mol. The lowest BCUT2D eigenvalue weighted by molar-refractivity contribution is 0.0975. The molecule has 2 atom stereocenters. The average molecular weight is 283 g/mol. The van der Waals surface area contributed by atoms with Gasteiger partial charge < -0.3 is 0 Å². The number of hydrogen-bond donors (Lipinski definition) is 0. The number of thioether (sulfide) groups is 1. The van der Waals surface area contributed by atoms with E-state index >= 15 is 0 Å². The van der Waals surface area contributed by atoms with Gasteiger partial charge in [0.2, 0.25) is 0 Å². The van der Waals surface area contributed by atoms with Crippen molar-refractivity contribution in [1.82, 2.24) is 4.90 Å². The first kappa shape index (κ1) is 14.1. The third-order valence-electron chi connectivity index (χ3n) is 3.66. The van der Waals surface area contributed by atoms with Gasteiger partial charge in [0, 0.05) is 30.0 Å². The van der Waals surface area contributed by atoms with E-state index in [-0.39, 0.29) is 0 Å². The zero-order valence-corrected chi connectivity index (χ0v) is 12.7. The average Bonchev–Trinajstić information content (AvgIpc) is 2.88. The van der Waals surface area contributed by atoms with Gasteiger partial charge in [0.15, 0.2) is 5.78 Å².